The molecule has 1 aliphatic heterocycles. The van der Waals surface area contributed by atoms with Crippen LogP contribution in [0, 0.1) is 5.92 Å². The van der Waals surface area contributed by atoms with Crippen molar-refractivity contribution in [3.05, 3.63) is 40.4 Å². The molecule has 0 aliphatic carbocycles. The molecule has 1 aromatic rings. The van der Waals surface area contributed by atoms with Crippen LogP contribution in [0.2, 0.25) is 0 Å². The number of likely N-dealkylation sites (tertiary alicyclic amines) is 1. The fourth-order valence-corrected chi connectivity index (χ4v) is 2.17. The minimum absolute atomic E-state index is 0.00896. The summed E-state index contributed by atoms with van der Waals surface area (Å²) in [5.74, 6) is 0.271. The molecule has 0 atom stereocenters. The molecule has 0 spiro atoms. The molecular weight excluding hydrogens is 282 g/mol. The van der Waals surface area contributed by atoms with Crippen LogP contribution in [0.4, 0.5) is 0 Å². The van der Waals surface area contributed by atoms with Crippen molar-refractivity contribution in [2.24, 2.45) is 5.92 Å². The van der Waals surface area contributed by atoms with Gasteiger partial charge in [0.2, 0.25) is 5.91 Å². The summed E-state index contributed by atoms with van der Waals surface area (Å²) in [5, 5.41) is 8.86. The zero-order valence-electron chi connectivity index (χ0n) is 9.34. The fraction of sp³-hybridized carbons (Fsp3) is 0.308. The lowest BCUT2D eigenvalue weighted by Gasteiger charge is -2.37. The van der Waals surface area contributed by atoms with Gasteiger partial charge in [-0.3, -0.25) is 4.79 Å². The van der Waals surface area contributed by atoms with E-state index in [0.29, 0.717) is 13.1 Å². The number of nitrogens with zero attached hydrogens (tertiary/aromatic N) is 1. The van der Waals surface area contributed by atoms with E-state index >= 15 is 0 Å². The number of hydrogen-bond acceptors (Lipinski definition) is 2. The fourth-order valence-electron chi connectivity index (χ4n) is 1.75. The second-order valence-corrected chi connectivity index (χ2v) is 5.10. The van der Waals surface area contributed by atoms with Crippen molar-refractivity contribution in [2.75, 3.05) is 19.7 Å². The highest BCUT2D eigenvalue weighted by Gasteiger charge is 2.28. The van der Waals surface area contributed by atoms with E-state index in [0.717, 1.165) is 10.0 Å². The predicted octanol–water partition coefficient (Wildman–Crippen LogP) is 1.91. The second kappa shape index (κ2) is 5.47. The molecule has 0 bridgehead atoms. The first-order chi connectivity index (χ1) is 8.19. The summed E-state index contributed by atoms with van der Waals surface area (Å²) in [7, 11) is 0. The number of hydrogen-bond donors (Lipinski definition) is 1. The lowest BCUT2D eigenvalue weighted by Crippen LogP contribution is -2.50. The Morgan fingerprint density at radius 1 is 1.53 bits per heavy atom. The van der Waals surface area contributed by atoms with E-state index in [1.54, 1.807) is 17.1 Å². The highest BCUT2D eigenvalue weighted by Crippen LogP contribution is 2.16. The van der Waals surface area contributed by atoms with Gasteiger partial charge in [0.1, 0.15) is 0 Å². The van der Waals surface area contributed by atoms with Gasteiger partial charge in [-0.05, 0) is 23.8 Å². The van der Waals surface area contributed by atoms with Gasteiger partial charge in [-0.15, -0.1) is 0 Å². The molecule has 0 aromatic heterocycles. The monoisotopic (exact) mass is 295 g/mol. The maximum absolute atomic E-state index is 11.7. The lowest BCUT2D eigenvalue weighted by molar-refractivity contribution is -0.132. The van der Waals surface area contributed by atoms with Crippen LogP contribution in [-0.4, -0.2) is 35.6 Å². The van der Waals surface area contributed by atoms with Gasteiger partial charge in [0, 0.05) is 36.2 Å². The smallest absolute Gasteiger partial charge is 0.246 e. The number of benzene rings is 1. The zero-order chi connectivity index (χ0) is 12.3. The topological polar surface area (TPSA) is 40.5 Å². The summed E-state index contributed by atoms with van der Waals surface area (Å²) in [6.07, 6.45) is 3.38. The number of rotatable bonds is 3. The molecule has 1 fully saturated rings. The van der Waals surface area contributed by atoms with Gasteiger partial charge in [-0.25, -0.2) is 0 Å². The Morgan fingerprint density at radius 2 is 2.29 bits per heavy atom. The Bertz CT molecular complexity index is 439. The Balaban J connectivity index is 1.91. The summed E-state index contributed by atoms with van der Waals surface area (Å²) >= 11 is 3.38. The Hall–Kier alpha value is -1.13. The summed E-state index contributed by atoms with van der Waals surface area (Å²) in [4.78, 5) is 13.4. The predicted molar refractivity (Wildman–Crippen MR) is 70.3 cm³/mol. The van der Waals surface area contributed by atoms with Gasteiger partial charge >= 0.3 is 0 Å². The Kier molecular flexibility index (Phi) is 3.97. The number of aliphatic hydroxyl groups is 1. The van der Waals surface area contributed by atoms with Crippen LogP contribution in [0.1, 0.15) is 5.56 Å². The first kappa shape index (κ1) is 12.3. The molecule has 4 heteroatoms. The summed E-state index contributed by atoms with van der Waals surface area (Å²) in [5.41, 5.74) is 0.993. The van der Waals surface area contributed by atoms with Crippen LogP contribution in [-0.2, 0) is 4.79 Å². The molecule has 1 aliphatic rings. The number of aliphatic hydroxyl groups excluding tert-OH is 1. The van der Waals surface area contributed by atoms with Gasteiger partial charge < -0.3 is 10.0 Å². The minimum Gasteiger partial charge on any atom is -0.396 e. The van der Waals surface area contributed by atoms with Crippen LogP contribution < -0.4 is 0 Å². The van der Waals surface area contributed by atoms with Crippen molar-refractivity contribution < 1.29 is 9.90 Å². The number of carbonyl (C=O) groups excluding carboxylic acids is 1. The number of halogens is 1. The normalized spacial score (nSPS) is 16.2. The average Bonchev–Trinajstić information content (AvgIpc) is 2.25. The minimum atomic E-state index is 0.00896. The summed E-state index contributed by atoms with van der Waals surface area (Å²) in [6.45, 7) is 1.50. The van der Waals surface area contributed by atoms with Gasteiger partial charge in [0.15, 0.2) is 0 Å². The Labute approximate surface area is 109 Å². The van der Waals surface area contributed by atoms with E-state index in [4.69, 9.17) is 5.11 Å². The van der Waals surface area contributed by atoms with Crippen molar-refractivity contribution in [1.82, 2.24) is 4.90 Å². The third-order valence-electron chi connectivity index (χ3n) is 2.79. The number of carbonyl (C=O) groups is 1. The standard InChI is InChI=1S/C13H14BrNO2/c14-12-3-1-2-10(6-12)4-5-13(17)15-7-11(8-15)9-16/h1-6,11,16H,7-9H2. The van der Waals surface area contributed by atoms with Crippen molar-refractivity contribution in [1.29, 1.82) is 0 Å². The molecule has 17 heavy (non-hydrogen) atoms. The first-order valence-electron chi connectivity index (χ1n) is 5.52. The molecular formula is C13H14BrNO2. The molecule has 1 amide bonds. The van der Waals surface area contributed by atoms with Gasteiger partial charge in [0.05, 0.1) is 0 Å². The van der Waals surface area contributed by atoms with Gasteiger partial charge in [0.25, 0.3) is 0 Å². The van der Waals surface area contributed by atoms with E-state index in [1.807, 2.05) is 24.3 Å². The van der Waals surface area contributed by atoms with Crippen molar-refractivity contribution in [3.8, 4) is 0 Å². The molecule has 0 radical (unpaired) electrons. The van der Waals surface area contributed by atoms with Crippen LogP contribution in [0.25, 0.3) is 6.08 Å². The summed E-state index contributed by atoms with van der Waals surface area (Å²) < 4.78 is 0.997. The summed E-state index contributed by atoms with van der Waals surface area (Å²) in [6, 6.07) is 7.78. The third kappa shape index (κ3) is 3.17. The number of amides is 1. The molecule has 0 unspecified atom stereocenters. The molecule has 1 N–H and O–H groups in total. The first-order valence-corrected chi connectivity index (χ1v) is 6.32. The largest absolute Gasteiger partial charge is 0.396 e. The second-order valence-electron chi connectivity index (χ2n) is 4.18. The van der Waals surface area contributed by atoms with E-state index in [-0.39, 0.29) is 18.4 Å². The van der Waals surface area contributed by atoms with E-state index in [9.17, 15) is 4.79 Å². The average molecular weight is 296 g/mol. The molecule has 3 nitrogen and oxygen atoms in total. The lowest BCUT2D eigenvalue weighted by atomic mass is 10.0. The Morgan fingerprint density at radius 3 is 2.94 bits per heavy atom. The highest BCUT2D eigenvalue weighted by atomic mass is 79.9. The van der Waals surface area contributed by atoms with E-state index < -0.39 is 0 Å². The molecule has 1 saturated heterocycles. The van der Waals surface area contributed by atoms with Gasteiger partial charge in [-0.1, -0.05) is 28.1 Å². The van der Waals surface area contributed by atoms with Crippen molar-refractivity contribution >= 4 is 27.9 Å². The maximum atomic E-state index is 11.7. The molecule has 2 rings (SSSR count). The van der Waals surface area contributed by atoms with Crippen LogP contribution in [0.5, 0.6) is 0 Å². The third-order valence-corrected chi connectivity index (χ3v) is 3.29. The van der Waals surface area contributed by atoms with Crippen LogP contribution in [0.15, 0.2) is 34.8 Å². The van der Waals surface area contributed by atoms with E-state index in [2.05, 4.69) is 15.9 Å². The zero-order valence-corrected chi connectivity index (χ0v) is 10.9. The quantitative estimate of drug-likeness (QED) is 0.866. The van der Waals surface area contributed by atoms with Crippen LogP contribution >= 0.6 is 15.9 Å². The molecule has 90 valence electrons. The van der Waals surface area contributed by atoms with Crippen LogP contribution in [0.3, 0.4) is 0 Å². The maximum Gasteiger partial charge on any atom is 0.246 e. The van der Waals surface area contributed by atoms with Gasteiger partial charge in [-0.2, -0.15) is 0 Å². The molecule has 1 heterocycles. The molecule has 1 aromatic carbocycles. The molecule has 0 saturated carbocycles. The van der Waals surface area contributed by atoms with Crippen molar-refractivity contribution in [2.45, 2.75) is 0 Å². The van der Waals surface area contributed by atoms with Crippen molar-refractivity contribution in [3.63, 3.8) is 0 Å². The van der Waals surface area contributed by atoms with E-state index in [1.165, 1.54) is 0 Å². The SMILES string of the molecule is O=C(C=Cc1cccc(Br)c1)N1CC(CO)C1. The highest BCUT2D eigenvalue weighted by molar-refractivity contribution is 9.10.